The third-order valence-electron chi connectivity index (χ3n) is 13.1. The van der Waals surface area contributed by atoms with Crippen LogP contribution in [-0.2, 0) is 5.41 Å². The smallest absolute Gasteiger partial charge is 0.170 e. The Balaban J connectivity index is 0.846. The van der Waals surface area contributed by atoms with Crippen molar-refractivity contribution in [3.05, 3.63) is 247 Å². The lowest BCUT2D eigenvalue weighted by Crippen LogP contribution is -2.28. The van der Waals surface area contributed by atoms with E-state index >= 15 is 0 Å². The van der Waals surface area contributed by atoms with Gasteiger partial charge in [0.1, 0.15) is 0 Å². The minimum Gasteiger partial charge on any atom is -0.450 e. The van der Waals surface area contributed by atoms with E-state index in [9.17, 15) is 0 Å². The number of ether oxygens (including phenoxy) is 2. The molecule has 0 saturated heterocycles. The van der Waals surface area contributed by atoms with E-state index in [2.05, 4.69) is 188 Å². The molecule has 0 radical (unpaired) electrons. The highest BCUT2D eigenvalue weighted by Crippen LogP contribution is 2.59. The fraction of sp³-hybridized carbons (Fsp3) is 0.0167. The zero-order valence-corrected chi connectivity index (χ0v) is 35.0. The molecule has 0 spiro atoms. The molecule has 0 saturated carbocycles. The van der Waals surface area contributed by atoms with Crippen LogP contribution in [0.4, 0.5) is 0 Å². The number of hydrogen-bond donors (Lipinski definition) is 0. The molecule has 2 heterocycles. The number of aromatic nitrogens is 3. The van der Waals surface area contributed by atoms with Crippen LogP contribution in [0, 0.1) is 0 Å². The van der Waals surface area contributed by atoms with Crippen LogP contribution in [0.5, 0.6) is 23.0 Å². The van der Waals surface area contributed by atoms with Crippen molar-refractivity contribution in [1.82, 2.24) is 15.0 Å². The molecule has 65 heavy (non-hydrogen) atoms. The standard InChI is InChI=1S/C60H37N3O2/c1-4-15-40(16-5-1)57-61-58(63-59(62-57)44-30-32-48-43(34-44)29-26-39-14-10-11-21-47(39)48)41-27-24-38(25-28-41)42-31-33-53-54(35-42)65-55-36-50-49-22-12-13-23-51(49)60(45-17-6-2-7-18-45,46-19-8-3-9-20-46)52(50)37-56(55)64-53/h1-37H. The molecule has 1 aliphatic heterocycles. The van der Waals surface area contributed by atoms with Crippen LogP contribution < -0.4 is 9.47 Å². The van der Waals surface area contributed by atoms with E-state index in [1.807, 2.05) is 36.4 Å². The van der Waals surface area contributed by atoms with E-state index in [1.165, 1.54) is 44.0 Å². The molecule has 0 bridgehead atoms. The van der Waals surface area contributed by atoms with Gasteiger partial charge in [-0.05, 0) is 96.4 Å². The summed E-state index contributed by atoms with van der Waals surface area (Å²) in [7, 11) is 0. The van der Waals surface area contributed by atoms with Gasteiger partial charge in [-0.3, -0.25) is 0 Å². The Morgan fingerprint density at radius 1 is 0.292 bits per heavy atom. The Morgan fingerprint density at radius 2 is 0.815 bits per heavy atom. The predicted molar refractivity (Wildman–Crippen MR) is 260 cm³/mol. The lowest BCUT2D eigenvalue weighted by Gasteiger charge is -2.34. The van der Waals surface area contributed by atoms with E-state index in [4.69, 9.17) is 24.4 Å². The van der Waals surface area contributed by atoms with Crippen LogP contribution in [0.3, 0.4) is 0 Å². The van der Waals surface area contributed by atoms with Gasteiger partial charge in [-0.1, -0.05) is 194 Å². The molecule has 0 N–H and O–H groups in total. The molecule has 0 amide bonds. The molecule has 11 aromatic rings. The van der Waals surface area contributed by atoms with Gasteiger partial charge in [0.15, 0.2) is 40.5 Å². The Bertz CT molecular complexity index is 3610. The first kappa shape index (κ1) is 36.9. The Kier molecular flexibility index (Phi) is 8.36. The number of rotatable bonds is 6. The molecule has 5 nitrogen and oxygen atoms in total. The predicted octanol–water partition coefficient (Wildman–Crippen LogP) is 15.1. The Morgan fingerprint density at radius 3 is 1.57 bits per heavy atom. The summed E-state index contributed by atoms with van der Waals surface area (Å²) in [6.07, 6.45) is 0. The quantitative estimate of drug-likeness (QED) is 0.156. The van der Waals surface area contributed by atoms with Gasteiger partial charge in [-0.2, -0.15) is 0 Å². The highest BCUT2D eigenvalue weighted by Gasteiger charge is 2.47. The van der Waals surface area contributed by atoms with Crippen LogP contribution in [0.1, 0.15) is 22.3 Å². The zero-order valence-electron chi connectivity index (χ0n) is 35.0. The maximum atomic E-state index is 6.76. The molecule has 0 atom stereocenters. The lowest BCUT2D eigenvalue weighted by atomic mass is 9.67. The fourth-order valence-electron chi connectivity index (χ4n) is 10.0. The molecule has 0 unspecified atom stereocenters. The largest absolute Gasteiger partial charge is 0.450 e. The summed E-state index contributed by atoms with van der Waals surface area (Å²) in [5.41, 5.74) is 11.4. The van der Waals surface area contributed by atoms with Gasteiger partial charge in [0, 0.05) is 16.7 Å². The molecule has 5 heteroatoms. The molecule has 10 aromatic carbocycles. The van der Waals surface area contributed by atoms with Crippen molar-refractivity contribution in [2.75, 3.05) is 0 Å². The summed E-state index contributed by atoms with van der Waals surface area (Å²) < 4.78 is 13.5. The molecule has 13 rings (SSSR count). The van der Waals surface area contributed by atoms with Crippen molar-refractivity contribution in [2.45, 2.75) is 5.41 Å². The van der Waals surface area contributed by atoms with Gasteiger partial charge in [0.05, 0.1) is 5.41 Å². The van der Waals surface area contributed by atoms with Gasteiger partial charge < -0.3 is 9.47 Å². The SMILES string of the molecule is c1ccc(-c2nc(-c3ccc(-c4ccc5c(c4)Oc4cc6c(cc4O5)C(c4ccccc4)(c4ccccc4)c4ccccc4-6)cc3)nc(-c3ccc4c(ccc5ccccc54)c3)n2)cc1. The van der Waals surface area contributed by atoms with Gasteiger partial charge in [0.25, 0.3) is 0 Å². The summed E-state index contributed by atoms with van der Waals surface area (Å²) in [4.78, 5) is 15.1. The fourth-order valence-corrected chi connectivity index (χ4v) is 10.0. The number of nitrogens with zero attached hydrogens (tertiary/aromatic N) is 3. The minimum atomic E-state index is -0.527. The average molecular weight is 832 g/mol. The maximum Gasteiger partial charge on any atom is 0.170 e. The molecule has 1 aromatic heterocycles. The van der Waals surface area contributed by atoms with E-state index < -0.39 is 5.41 Å². The first-order valence-corrected chi connectivity index (χ1v) is 21.9. The molecular formula is C60H37N3O2. The highest BCUT2D eigenvalue weighted by molar-refractivity contribution is 6.08. The Labute approximate surface area is 375 Å². The second-order valence-corrected chi connectivity index (χ2v) is 16.7. The van der Waals surface area contributed by atoms with Crippen molar-refractivity contribution in [3.63, 3.8) is 0 Å². The number of fused-ring (bicyclic) bond motifs is 8. The lowest BCUT2D eigenvalue weighted by molar-refractivity contribution is 0.359. The van der Waals surface area contributed by atoms with Crippen molar-refractivity contribution >= 4 is 21.5 Å². The monoisotopic (exact) mass is 831 g/mol. The van der Waals surface area contributed by atoms with Crippen LogP contribution in [-0.4, -0.2) is 15.0 Å². The summed E-state index contributed by atoms with van der Waals surface area (Å²) in [6.45, 7) is 0. The summed E-state index contributed by atoms with van der Waals surface area (Å²) in [5.74, 6) is 4.58. The third kappa shape index (κ3) is 5.97. The van der Waals surface area contributed by atoms with Crippen LogP contribution >= 0.6 is 0 Å². The van der Waals surface area contributed by atoms with Crippen molar-refractivity contribution < 1.29 is 9.47 Å². The average Bonchev–Trinajstić information content (AvgIpc) is 3.67. The Hall–Kier alpha value is -8.67. The highest BCUT2D eigenvalue weighted by atomic mass is 16.6. The van der Waals surface area contributed by atoms with E-state index in [-0.39, 0.29) is 0 Å². The van der Waals surface area contributed by atoms with Crippen molar-refractivity contribution in [1.29, 1.82) is 0 Å². The van der Waals surface area contributed by atoms with Gasteiger partial charge in [-0.15, -0.1) is 0 Å². The first-order chi connectivity index (χ1) is 32.2. The summed E-state index contributed by atoms with van der Waals surface area (Å²) in [5, 5.41) is 4.78. The van der Waals surface area contributed by atoms with Crippen LogP contribution in [0.25, 0.3) is 78.0 Å². The van der Waals surface area contributed by atoms with Gasteiger partial charge in [-0.25, -0.2) is 15.0 Å². The number of benzene rings is 10. The molecule has 304 valence electrons. The topological polar surface area (TPSA) is 57.1 Å². The zero-order chi connectivity index (χ0) is 42.9. The second kappa shape index (κ2) is 14.7. The van der Waals surface area contributed by atoms with Crippen molar-refractivity contribution in [3.8, 4) is 79.4 Å². The first-order valence-electron chi connectivity index (χ1n) is 21.9. The number of hydrogen-bond acceptors (Lipinski definition) is 5. The van der Waals surface area contributed by atoms with E-state index in [0.29, 0.717) is 40.5 Å². The van der Waals surface area contributed by atoms with E-state index in [1.54, 1.807) is 0 Å². The third-order valence-corrected chi connectivity index (χ3v) is 13.1. The molecule has 1 aliphatic carbocycles. The normalized spacial score (nSPS) is 13.0. The second-order valence-electron chi connectivity index (χ2n) is 16.7. The van der Waals surface area contributed by atoms with Gasteiger partial charge >= 0.3 is 0 Å². The van der Waals surface area contributed by atoms with Gasteiger partial charge in [0.2, 0.25) is 0 Å². The molecule has 2 aliphatic rings. The molecular weight excluding hydrogens is 795 g/mol. The van der Waals surface area contributed by atoms with Crippen molar-refractivity contribution in [2.24, 2.45) is 0 Å². The summed E-state index contributed by atoms with van der Waals surface area (Å²) >= 11 is 0. The van der Waals surface area contributed by atoms with E-state index in [0.717, 1.165) is 38.8 Å². The minimum absolute atomic E-state index is 0.527. The van der Waals surface area contributed by atoms with Crippen LogP contribution in [0.2, 0.25) is 0 Å². The maximum absolute atomic E-state index is 6.76. The summed E-state index contributed by atoms with van der Waals surface area (Å²) in [6, 6.07) is 78.6. The molecule has 0 fully saturated rings. The van der Waals surface area contributed by atoms with Crippen LogP contribution in [0.15, 0.2) is 224 Å².